The fraction of sp³-hybridized carbons (Fsp3) is 0. The summed E-state index contributed by atoms with van der Waals surface area (Å²) in [4.78, 5) is 11.8. The Balaban J connectivity index is 0.000000133. The second-order valence-electron chi connectivity index (χ2n) is 8.93. The third-order valence-electron chi connectivity index (χ3n) is 6.50. The molecule has 0 unspecified atom stereocenters. The van der Waals surface area contributed by atoms with Crippen molar-refractivity contribution in [2.24, 2.45) is 0 Å². The van der Waals surface area contributed by atoms with Crippen LogP contribution in [-0.2, 0) is 0 Å². The van der Waals surface area contributed by atoms with Crippen LogP contribution in [0.2, 0.25) is 0 Å². The Kier molecular flexibility index (Phi) is 8.52. The van der Waals surface area contributed by atoms with Gasteiger partial charge in [-0.1, -0.05) is 84.9 Å². The molecule has 5 heteroatoms. The van der Waals surface area contributed by atoms with E-state index in [9.17, 15) is 0 Å². The van der Waals surface area contributed by atoms with Gasteiger partial charge in [0.1, 0.15) is 9.52 Å². The molecule has 0 atom stereocenters. The minimum atomic E-state index is 0. The molecule has 4 nitrogen and oxygen atoms in total. The molecular formula is C35H28IN4-. The first-order valence-electron chi connectivity index (χ1n) is 12.7. The van der Waals surface area contributed by atoms with Crippen LogP contribution in [0.1, 0.15) is 0 Å². The van der Waals surface area contributed by atoms with Gasteiger partial charge in [-0.25, -0.2) is 4.98 Å². The quantitative estimate of drug-likeness (QED) is 0.111. The van der Waals surface area contributed by atoms with Gasteiger partial charge in [0, 0.05) is 45.0 Å². The smallest absolute Gasteiger partial charge is 0.137 e. The number of hydrogen-bond acceptors (Lipinski definition) is 2. The van der Waals surface area contributed by atoms with Crippen molar-refractivity contribution in [1.29, 1.82) is 0 Å². The average Bonchev–Trinajstić information content (AvgIpc) is 3.55. The van der Waals surface area contributed by atoms with Crippen LogP contribution in [-0.4, -0.2) is 19.5 Å². The summed E-state index contributed by atoms with van der Waals surface area (Å²) in [5, 5.41) is 5.14. The maximum atomic E-state index is 4.48. The Hall–Kier alpha value is -4.49. The van der Waals surface area contributed by atoms with E-state index in [1.54, 1.807) is 6.20 Å². The van der Waals surface area contributed by atoms with E-state index in [2.05, 4.69) is 139 Å². The van der Waals surface area contributed by atoms with E-state index < -0.39 is 0 Å². The van der Waals surface area contributed by atoms with E-state index in [0.717, 1.165) is 9.52 Å². The number of para-hydroxylation sites is 4. The molecule has 4 heterocycles. The number of benzene rings is 4. The topological polar surface area (TPSA) is 46.5 Å². The van der Waals surface area contributed by atoms with Gasteiger partial charge in [-0.05, 0) is 71.1 Å². The van der Waals surface area contributed by atoms with Gasteiger partial charge in [0.15, 0.2) is 0 Å². The van der Waals surface area contributed by atoms with Crippen LogP contribution < -0.4 is 0 Å². The van der Waals surface area contributed by atoms with Crippen molar-refractivity contribution in [1.82, 2.24) is 19.5 Å². The molecule has 0 spiro atoms. The maximum Gasteiger partial charge on any atom is 0.137 e. The number of pyridine rings is 2. The first-order chi connectivity index (χ1) is 19.3. The SMILES string of the molecule is Ic1ccccn1.[CH3-].c1ccc(-n2c3ccccc3c3ccccc32)nc1.c1ccc2c(c1)[nH]c1ccccc12. The van der Waals surface area contributed by atoms with Crippen LogP contribution in [0.5, 0.6) is 0 Å². The highest BCUT2D eigenvalue weighted by molar-refractivity contribution is 14.1. The molecular weight excluding hydrogens is 603 g/mol. The summed E-state index contributed by atoms with van der Waals surface area (Å²) in [5.74, 6) is 0.958. The molecule has 0 aliphatic rings. The lowest BCUT2D eigenvalue weighted by molar-refractivity contribution is 1.08. The molecule has 0 fully saturated rings. The van der Waals surface area contributed by atoms with E-state index in [0.29, 0.717) is 0 Å². The van der Waals surface area contributed by atoms with Gasteiger partial charge < -0.3 is 12.4 Å². The van der Waals surface area contributed by atoms with Crippen molar-refractivity contribution in [3.05, 3.63) is 157 Å². The molecule has 0 radical (unpaired) electrons. The first-order valence-corrected chi connectivity index (χ1v) is 13.8. The molecule has 0 bridgehead atoms. The second-order valence-corrected chi connectivity index (χ2v) is 10.0. The number of rotatable bonds is 1. The molecule has 4 aromatic carbocycles. The molecule has 196 valence electrons. The molecule has 0 saturated heterocycles. The average molecular weight is 632 g/mol. The molecule has 0 saturated carbocycles. The molecule has 0 amide bonds. The molecule has 8 rings (SSSR count). The molecule has 0 aliphatic heterocycles. The van der Waals surface area contributed by atoms with Gasteiger partial charge in [-0.15, -0.1) is 0 Å². The number of hydrogen-bond donors (Lipinski definition) is 1. The zero-order chi connectivity index (χ0) is 26.4. The Bertz CT molecular complexity index is 1870. The summed E-state index contributed by atoms with van der Waals surface area (Å²) in [6.45, 7) is 0. The highest BCUT2D eigenvalue weighted by Gasteiger charge is 2.11. The minimum absolute atomic E-state index is 0. The minimum Gasteiger partial charge on any atom is -0.358 e. The maximum absolute atomic E-state index is 4.48. The predicted octanol–water partition coefficient (Wildman–Crippen LogP) is 9.64. The van der Waals surface area contributed by atoms with Gasteiger partial charge in [0.05, 0.1) is 11.0 Å². The zero-order valence-corrected chi connectivity index (χ0v) is 24.2. The lowest BCUT2D eigenvalue weighted by Gasteiger charge is -2.05. The Morgan fingerprint density at radius 3 is 1.38 bits per heavy atom. The van der Waals surface area contributed by atoms with Crippen LogP contribution in [0.3, 0.4) is 0 Å². The molecule has 1 N–H and O–H groups in total. The van der Waals surface area contributed by atoms with Crippen molar-refractivity contribution in [2.75, 3.05) is 0 Å². The second kappa shape index (κ2) is 12.6. The Morgan fingerprint density at radius 2 is 0.925 bits per heavy atom. The molecule has 0 aliphatic carbocycles. The number of aromatic nitrogens is 4. The molecule has 8 aromatic rings. The fourth-order valence-corrected chi connectivity index (χ4v) is 5.16. The highest BCUT2D eigenvalue weighted by atomic mass is 127. The summed E-state index contributed by atoms with van der Waals surface area (Å²) >= 11 is 2.17. The zero-order valence-electron chi connectivity index (χ0n) is 22.1. The lowest BCUT2D eigenvalue weighted by Crippen LogP contribution is -1.95. The third kappa shape index (κ3) is 5.60. The van der Waals surface area contributed by atoms with E-state index >= 15 is 0 Å². The third-order valence-corrected chi connectivity index (χ3v) is 7.14. The number of halogens is 1. The van der Waals surface area contributed by atoms with E-state index in [1.165, 1.54) is 43.6 Å². The van der Waals surface area contributed by atoms with E-state index in [-0.39, 0.29) is 7.43 Å². The highest BCUT2D eigenvalue weighted by Crippen LogP contribution is 2.30. The van der Waals surface area contributed by atoms with Gasteiger partial charge in [0.2, 0.25) is 0 Å². The van der Waals surface area contributed by atoms with E-state index in [1.807, 2.05) is 42.6 Å². The molecule has 40 heavy (non-hydrogen) atoms. The van der Waals surface area contributed by atoms with Crippen LogP contribution in [0.25, 0.3) is 49.4 Å². The van der Waals surface area contributed by atoms with Crippen LogP contribution in [0, 0.1) is 11.1 Å². The van der Waals surface area contributed by atoms with E-state index in [4.69, 9.17) is 0 Å². The lowest BCUT2D eigenvalue weighted by atomic mass is 10.2. The van der Waals surface area contributed by atoms with Crippen molar-refractivity contribution in [2.45, 2.75) is 0 Å². The Labute approximate surface area is 247 Å². The Morgan fingerprint density at radius 1 is 0.475 bits per heavy atom. The monoisotopic (exact) mass is 631 g/mol. The first kappa shape index (κ1) is 27.1. The number of fused-ring (bicyclic) bond motifs is 6. The van der Waals surface area contributed by atoms with Gasteiger partial charge in [-0.2, -0.15) is 0 Å². The fourth-order valence-electron chi connectivity index (χ4n) is 4.80. The van der Waals surface area contributed by atoms with Crippen LogP contribution >= 0.6 is 22.6 Å². The van der Waals surface area contributed by atoms with Crippen molar-refractivity contribution in [3.63, 3.8) is 0 Å². The number of aromatic amines is 1. The van der Waals surface area contributed by atoms with Crippen LogP contribution in [0.15, 0.2) is 146 Å². The van der Waals surface area contributed by atoms with Gasteiger partial charge >= 0.3 is 0 Å². The largest absolute Gasteiger partial charge is 0.358 e. The summed E-state index contributed by atoms with van der Waals surface area (Å²) < 4.78 is 3.25. The normalized spacial score (nSPS) is 10.4. The number of nitrogens with one attached hydrogen (secondary N) is 1. The number of H-pyrrole nitrogens is 1. The summed E-state index contributed by atoms with van der Waals surface area (Å²) in [5.41, 5.74) is 4.82. The number of nitrogens with zero attached hydrogens (tertiary/aromatic N) is 3. The van der Waals surface area contributed by atoms with Crippen molar-refractivity contribution < 1.29 is 0 Å². The van der Waals surface area contributed by atoms with Crippen LogP contribution in [0.4, 0.5) is 0 Å². The summed E-state index contributed by atoms with van der Waals surface area (Å²) in [7, 11) is 0. The van der Waals surface area contributed by atoms with Crippen molar-refractivity contribution in [3.8, 4) is 5.82 Å². The summed E-state index contributed by atoms with van der Waals surface area (Å²) in [6, 6.07) is 45.5. The summed E-state index contributed by atoms with van der Waals surface area (Å²) in [6.07, 6.45) is 3.61. The molecule has 4 aromatic heterocycles. The van der Waals surface area contributed by atoms with Gasteiger partial charge in [0.25, 0.3) is 0 Å². The standard InChI is InChI=1S/C17H12N2.C12H9N.C5H4IN.CH3/c1-3-9-15-13(7-1)14-8-2-4-10-16(14)19(15)17-11-5-6-12-18-17;1-3-7-11-9(5-1)10-6-2-4-8-12(10)13-11;6-5-3-1-2-4-7-5;/h1-12H;1-8,13H;1-4H;1H3/q;;;-1. The predicted molar refractivity (Wildman–Crippen MR) is 178 cm³/mol. The van der Waals surface area contributed by atoms with Crippen molar-refractivity contribution >= 4 is 66.2 Å². The van der Waals surface area contributed by atoms with Gasteiger partial charge in [-0.3, -0.25) is 9.55 Å².